The van der Waals surface area contributed by atoms with Gasteiger partial charge in [0.15, 0.2) is 0 Å². The lowest BCUT2D eigenvalue weighted by molar-refractivity contribution is 0.309. The third-order valence-electron chi connectivity index (χ3n) is 3.97. The summed E-state index contributed by atoms with van der Waals surface area (Å²) in [4.78, 5) is 8.12. The molecular weight excluding hydrogens is 272 g/mol. The molecule has 0 aliphatic carbocycles. The number of aromatic nitrogens is 2. The molecule has 3 nitrogen and oxygen atoms in total. The van der Waals surface area contributed by atoms with E-state index in [-0.39, 0.29) is 0 Å². The predicted octanol–water partition coefficient (Wildman–Crippen LogP) is 5.03. The van der Waals surface area contributed by atoms with Gasteiger partial charge in [-0.1, -0.05) is 25.5 Å². The molecule has 0 bridgehead atoms. The number of H-pyrrole nitrogens is 1. The molecule has 0 spiro atoms. The molecule has 22 heavy (non-hydrogen) atoms. The fourth-order valence-corrected chi connectivity index (χ4v) is 2.47. The van der Waals surface area contributed by atoms with Gasteiger partial charge >= 0.3 is 0 Å². The summed E-state index contributed by atoms with van der Waals surface area (Å²) in [5, 5.41) is 0. The highest BCUT2D eigenvalue weighted by molar-refractivity contribution is 5.81. The zero-order chi connectivity index (χ0) is 15.5. The number of nitrogens with zero attached hydrogens (tertiary/aromatic N) is 1. The smallest absolute Gasteiger partial charge is 0.138 e. The molecule has 1 N–H and O–H groups in total. The Kier molecular flexibility index (Phi) is 4.14. The lowest BCUT2D eigenvalue weighted by Crippen LogP contribution is -1.96. The summed E-state index contributed by atoms with van der Waals surface area (Å²) in [7, 11) is 0. The van der Waals surface area contributed by atoms with E-state index in [1.165, 1.54) is 11.1 Å². The van der Waals surface area contributed by atoms with Gasteiger partial charge in [0, 0.05) is 5.56 Å². The fourth-order valence-electron chi connectivity index (χ4n) is 2.47. The summed E-state index contributed by atoms with van der Waals surface area (Å²) in [6.07, 6.45) is 2.22. The van der Waals surface area contributed by atoms with Crippen LogP contribution in [0.4, 0.5) is 0 Å². The summed E-state index contributed by atoms with van der Waals surface area (Å²) in [5.41, 5.74) is 5.69. The number of rotatable bonds is 5. The van der Waals surface area contributed by atoms with Crippen LogP contribution in [0.3, 0.4) is 0 Å². The van der Waals surface area contributed by atoms with Crippen molar-refractivity contribution >= 4 is 11.0 Å². The first-order chi connectivity index (χ1) is 10.7. The van der Waals surface area contributed by atoms with E-state index in [9.17, 15) is 0 Å². The number of fused-ring (bicyclic) bond motifs is 1. The maximum absolute atomic E-state index is 5.78. The average molecular weight is 294 g/mol. The molecule has 0 atom stereocenters. The van der Waals surface area contributed by atoms with Crippen LogP contribution in [0.15, 0.2) is 36.4 Å². The van der Waals surface area contributed by atoms with Gasteiger partial charge in [0.1, 0.15) is 11.6 Å². The highest BCUT2D eigenvalue weighted by atomic mass is 16.5. The van der Waals surface area contributed by atoms with Crippen molar-refractivity contribution in [2.24, 2.45) is 0 Å². The largest absolute Gasteiger partial charge is 0.494 e. The van der Waals surface area contributed by atoms with Crippen molar-refractivity contribution in [1.82, 2.24) is 9.97 Å². The van der Waals surface area contributed by atoms with Crippen molar-refractivity contribution in [3.05, 3.63) is 47.5 Å². The van der Waals surface area contributed by atoms with Crippen molar-refractivity contribution in [3.63, 3.8) is 0 Å². The van der Waals surface area contributed by atoms with Crippen LogP contribution < -0.4 is 4.74 Å². The molecule has 0 aliphatic rings. The molecule has 0 saturated carbocycles. The van der Waals surface area contributed by atoms with Gasteiger partial charge in [-0.15, -0.1) is 0 Å². The third-order valence-corrected chi connectivity index (χ3v) is 3.97. The molecule has 1 aromatic heterocycles. The first-order valence-corrected chi connectivity index (χ1v) is 7.87. The van der Waals surface area contributed by atoms with Crippen LogP contribution in [0.2, 0.25) is 0 Å². The number of aryl methyl sites for hydroxylation is 2. The minimum absolute atomic E-state index is 0.762. The topological polar surface area (TPSA) is 37.9 Å². The molecule has 0 fully saturated rings. The van der Waals surface area contributed by atoms with Gasteiger partial charge in [-0.3, -0.25) is 0 Å². The molecule has 0 saturated heterocycles. The standard InChI is InChI=1S/C19H22N2O/c1-4-5-9-22-16-8-6-7-15(12-16)19-20-17-10-13(2)14(3)11-18(17)21-19/h6-8,10-12H,4-5,9H2,1-3H3,(H,20,21). The van der Waals surface area contributed by atoms with Crippen LogP contribution >= 0.6 is 0 Å². The maximum Gasteiger partial charge on any atom is 0.138 e. The average Bonchev–Trinajstić information content (AvgIpc) is 2.91. The molecule has 0 radical (unpaired) electrons. The Hall–Kier alpha value is -2.29. The lowest BCUT2D eigenvalue weighted by atomic mass is 10.1. The molecule has 3 heteroatoms. The summed E-state index contributed by atoms with van der Waals surface area (Å²) in [6, 6.07) is 12.4. The monoisotopic (exact) mass is 294 g/mol. The summed E-state index contributed by atoms with van der Waals surface area (Å²) >= 11 is 0. The Morgan fingerprint density at radius 2 is 1.91 bits per heavy atom. The molecule has 3 rings (SSSR count). The van der Waals surface area contributed by atoms with E-state index in [0.717, 1.165) is 47.6 Å². The van der Waals surface area contributed by atoms with Gasteiger partial charge in [0.25, 0.3) is 0 Å². The van der Waals surface area contributed by atoms with Crippen LogP contribution in [0.5, 0.6) is 5.75 Å². The summed E-state index contributed by atoms with van der Waals surface area (Å²) in [6.45, 7) is 7.17. The number of hydrogen-bond donors (Lipinski definition) is 1. The van der Waals surface area contributed by atoms with Crippen LogP contribution in [0.1, 0.15) is 30.9 Å². The number of unbranched alkanes of at least 4 members (excludes halogenated alkanes) is 1. The second-order valence-corrected chi connectivity index (χ2v) is 5.77. The molecule has 0 amide bonds. The normalized spacial score (nSPS) is 11.0. The molecule has 2 aromatic carbocycles. The highest BCUT2D eigenvalue weighted by Crippen LogP contribution is 2.25. The van der Waals surface area contributed by atoms with E-state index in [2.05, 4.69) is 44.0 Å². The van der Waals surface area contributed by atoms with Gasteiger partial charge in [0.2, 0.25) is 0 Å². The zero-order valence-corrected chi connectivity index (χ0v) is 13.4. The quantitative estimate of drug-likeness (QED) is 0.670. The fraction of sp³-hybridized carbons (Fsp3) is 0.316. The minimum atomic E-state index is 0.762. The highest BCUT2D eigenvalue weighted by Gasteiger charge is 2.07. The number of hydrogen-bond acceptors (Lipinski definition) is 2. The van der Waals surface area contributed by atoms with Crippen LogP contribution in [-0.4, -0.2) is 16.6 Å². The summed E-state index contributed by atoms with van der Waals surface area (Å²) < 4.78 is 5.78. The molecule has 0 aliphatic heterocycles. The Labute approximate surface area is 131 Å². The first-order valence-electron chi connectivity index (χ1n) is 7.87. The van der Waals surface area contributed by atoms with Gasteiger partial charge < -0.3 is 9.72 Å². The minimum Gasteiger partial charge on any atom is -0.494 e. The van der Waals surface area contributed by atoms with E-state index in [0.29, 0.717) is 0 Å². The number of benzene rings is 2. The molecule has 3 aromatic rings. The first kappa shape index (κ1) is 14.6. The SMILES string of the molecule is CCCCOc1cccc(-c2nc3cc(C)c(C)cc3[nH]2)c1. The Morgan fingerprint density at radius 3 is 2.73 bits per heavy atom. The predicted molar refractivity (Wildman–Crippen MR) is 91.4 cm³/mol. The van der Waals surface area contributed by atoms with E-state index < -0.39 is 0 Å². The maximum atomic E-state index is 5.78. The van der Waals surface area contributed by atoms with E-state index >= 15 is 0 Å². The van der Waals surface area contributed by atoms with E-state index in [4.69, 9.17) is 9.72 Å². The van der Waals surface area contributed by atoms with Crippen molar-refractivity contribution < 1.29 is 4.74 Å². The van der Waals surface area contributed by atoms with Crippen molar-refractivity contribution in [2.75, 3.05) is 6.61 Å². The van der Waals surface area contributed by atoms with Gasteiger partial charge in [-0.25, -0.2) is 4.98 Å². The van der Waals surface area contributed by atoms with Gasteiger partial charge in [-0.05, 0) is 55.7 Å². The van der Waals surface area contributed by atoms with Crippen LogP contribution in [0.25, 0.3) is 22.4 Å². The molecule has 114 valence electrons. The Balaban J connectivity index is 1.91. The van der Waals surface area contributed by atoms with Gasteiger partial charge in [0.05, 0.1) is 17.6 Å². The Bertz CT molecular complexity index is 750. The molecule has 1 heterocycles. The molecule has 0 unspecified atom stereocenters. The van der Waals surface area contributed by atoms with Crippen molar-refractivity contribution in [2.45, 2.75) is 33.6 Å². The zero-order valence-electron chi connectivity index (χ0n) is 13.4. The number of nitrogens with one attached hydrogen (secondary N) is 1. The Morgan fingerprint density at radius 1 is 1.09 bits per heavy atom. The van der Waals surface area contributed by atoms with Crippen LogP contribution in [0, 0.1) is 13.8 Å². The lowest BCUT2D eigenvalue weighted by Gasteiger charge is -2.06. The van der Waals surface area contributed by atoms with Crippen molar-refractivity contribution in [3.8, 4) is 17.1 Å². The van der Waals surface area contributed by atoms with Crippen molar-refractivity contribution in [1.29, 1.82) is 0 Å². The number of imidazole rings is 1. The van der Waals surface area contributed by atoms with E-state index in [1.54, 1.807) is 0 Å². The van der Waals surface area contributed by atoms with Crippen LogP contribution in [-0.2, 0) is 0 Å². The van der Waals surface area contributed by atoms with E-state index in [1.807, 2.05) is 18.2 Å². The number of ether oxygens (including phenoxy) is 1. The third kappa shape index (κ3) is 2.98. The second-order valence-electron chi connectivity index (χ2n) is 5.77. The van der Waals surface area contributed by atoms with Gasteiger partial charge in [-0.2, -0.15) is 0 Å². The second kappa shape index (κ2) is 6.22. The molecular formula is C19H22N2O. The summed E-state index contributed by atoms with van der Waals surface area (Å²) in [5.74, 6) is 1.79. The number of aromatic amines is 1.